The summed E-state index contributed by atoms with van der Waals surface area (Å²) in [5.74, 6) is 2.08. The van der Waals surface area contributed by atoms with Gasteiger partial charge in [-0.05, 0) is 56.9 Å². The van der Waals surface area contributed by atoms with Gasteiger partial charge in [0.2, 0.25) is 11.9 Å². The molecule has 4 N–H and O–H groups in total. The Hall–Kier alpha value is -1.89. The first-order chi connectivity index (χ1) is 11.4. The first-order valence-electron chi connectivity index (χ1n) is 8.98. The molecule has 4 rings (SSSR count). The van der Waals surface area contributed by atoms with Gasteiger partial charge in [0.05, 0.1) is 12.2 Å². The molecule has 0 bridgehead atoms. The van der Waals surface area contributed by atoms with Crippen molar-refractivity contribution in [2.24, 2.45) is 33.5 Å². The number of aliphatic imine (C=N–C) groups is 2. The lowest BCUT2D eigenvalue weighted by molar-refractivity contribution is 0.241. The second-order valence-corrected chi connectivity index (χ2v) is 7.65. The van der Waals surface area contributed by atoms with E-state index < -0.39 is 5.79 Å². The summed E-state index contributed by atoms with van der Waals surface area (Å²) in [6.45, 7) is 6.35. The summed E-state index contributed by atoms with van der Waals surface area (Å²) < 4.78 is 1.74. The van der Waals surface area contributed by atoms with Crippen molar-refractivity contribution >= 4 is 11.9 Å². The Morgan fingerprint density at radius 1 is 1.29 bits per heavy atom. The van der Waals surface area contributed by atoms with Crippen LogP contribution in [-0.2, 0) is 0 Å². The standard InChI is InChI=1S/C17H27N7/c1-10-8-19-24(9-10)16-21-15(20-12(3)14-6-7-14)22-17(18,23-16)11(2)13-4-5-13/h8-9,11-14H,4-7,18H2,1-3H3,(H2,20,21,22,23)/t11-,12-,17?/m1/s1. The molecular weight excluding hydrogens is 302 g/mol. The van der Waals surface area contributed by atoms with E-state index in [2.05, 4.69) is 29.6 Å². The SMILES string of the molecule is Cc1cnn(C2=NC(N)([C@H](C)C3CC3)NC(=N[C@H](C)C3CC3)N2)c1. The Bertz CT molecular complexity index is 683. The second kappa shape index (κ2) is 5.58. The van der Waals surface area contributed by atoms with Gasteiger partial charge in [-0.25, -0.2) is 14.7 Å². The van der Waals surface area contributed by atoms with Gasteiger partial charge in [0.25, 0.3) is 0 Å². The van der Waals surface area contributed by atoms with Crippen LogP contribution in [0.15, 0.2) is 22.4 Å². The highest BCUT2D eigenvalue weighted by molar-refractivity contribution is 6.01. The molecule has 0 saturated heterocycles. The number of aromatic nitrogens is 2. The van der Waals surface area contributed by atoms with Crippen molar-refractivity contribution in [1.82, 2.24) is 20.4 Å². The first kappa shape index (κ1) is 15.6. The molecule has 2 heterocycles. The quantitative estimate of drug-likeness (QED) is 0.778. The minimum atomic E-state index is -0.844. The van der Waals surface area contributed by atoms with Gasteiger partial charge in [-0.1, -0.05) is 6.92 Å². The van der Waals surface area contributed by atoms with Crippen LogP contribution in [-0.4, -0.2) is 33.5 Å². The number of nitrogens with zero attached hydrogens (tertiary/aromatic N) is 4. The molecule has 0 spiro atoms. The molecule has 1 aliphatic heterocycles. The van der Waals surface area contributed by atoms with Crippen LogP contribution in [0.4, 0.5) is 0 Å². The Labute approximate surface area is 142 Å². The number of guanidine groups is 1. The van der Waals surface area contributed by atoms with E-state index >= 15 is 0 Å². The summed E-state index contributed by atoms with van der Waals surface area (Å²) in [6.07, 6.45) is 8.75. The Balaban J connectivity index is 1.66. The van der Waals surface area contributed by atoms with Crippen molar-refractivity contribution in [2.75, 3.05) is 0 Å². The fraction of sp³-hybridized carbons (Fsp3) is 0.706. The van der Waals surface area contributed by atoms with Crippen molar-refractivity contribution in [1.29, 1.82) is 0 Å². The molecular formula is C17H27N7. The number of hydrogen-bond acceptors (Lipinski definition) is 4. The fourth-order valence-electron chi connectivity index (χ4n) is 3.32. The highest BCUT2D eigenvalue weighted by Gasteiger charge is 2.45. The normalized spacial score (nSPS) is 31.2. The molecule has 24 heavy (non-hydrogen) atoms. The highest BCUT2D eigenvalue weighted by atomic mass is 15.5. The second-order valence-electron chi connectivity index (χ2n) is 7.65. The molecule has 3 aliphatic rings. The van der Waals surface area contributed by atoms with Crippen molar-refractivity contribution in [3.8, 4) is 0 Å². The average molecular weight is 329 g/mol. The molecule has 130 valence electrons. The van der Waals surface area contributed by atoms with Gasteiger partial charge >= 0.3 is 0 Å². The Morgan fingerprint density at radius 2 is 2.00 bits per heavy atom. The molecule has 2 fully saturated rings. The molecule has 0 radical (unpaired) electrons. The van der Waals surface area contributed by atoms with E-state index in [9.17, 15) is 0 Å². The van der Waals surface area contributed by atoms with Gasteiger partial charge in [0, 0.05) is 12.1 Å². The van der Waals surface area contributed by atoms with Crippen molar-refractivity contribution in [3.05, 3.63) is 18.0 Å². The molecule has 1 aromatic heterocycles. The molecule has 7 heteroatoms. The van der Waals surface area contributed by atoms with E-state index in [-0.39, 0.29) is 5.92 Å². The van der Waals surface area contributed by atoms with E-state index in [1.165, 1.54) is 25.7 Å². The average Bonchev–Trinajstić information content (AvgIpc) is 3.44. The zero-order valence-electron chi connectivity index (χ0n) is 14.7. The third-order valence-corrected chi connectivity index (χ3v) is 5.43. The van der Waals surface area contributed by atoms with Crippen LogP contribution in [0.3, 0.4) is 0 Å². The molecule has 0 aromatic carbocycles. The number of hydrogen-bond donors (Lipinski definition) is 3. The van der Waals surface area contributed by atoms with E-state index in [1.807, 2.05) is 19.3 Å². The summed E-state index contributed by atoms with van der Waals surface area (Å²) in [4.78, 5) is 9.60. The van der Waals surface area contributed by atoms with Crippen molar-refractivity contribution < 1.29 is 0 Å². The fourth-order valence-corrected chi connectivity index (χ4v) is 3.32. The molecule has 7 nitrogen and oxygen atoms in total. The maximum atomic E-state index is 6.68. The largest absolute Gasteiger partial charge is 0.319 e. The lowest BCUT2D eigenvalue weighted by atomic mass is 9.97. The summed E-state index contributed by atoms with van der Waals surface area (Å²) in [7, 11) is 0. The van der Waals surface area contributed by atoms with E-state index in [0.717, 1.165) is 5.56 Å². The smallest absolute Gasteiger partial charge is 0.229 e. The van der Waals surface area contributed by atoms with Gasteiger partial charge in [-0.2, -0.15) is 5.10 Å². The zero-order valence-corrected chi connectivity index (χ0v) is 14.7. The van der Waals surface area contributed by atoms with E-state index in [0.29, 0.717) is 29.8 Å². The molecule has 1 unspecified atom stereocenters. The Kier molecular flexibility index (Phi) is 3.63. The van der Waals surface area contributed by atoms with Gasteiger partial charge in [0.1, 0.15) is 0 Å². The predicted molar refractivity (Wildman–Crippen MR) is 94.5 cm³/mol. The Morgan fingerprint density at radius 3 is 2.58 bits per heavy atom. The van der Waals surface area contributed by atoms with Crippen molar-refractivity contribution in [2.45, 2.75) is 58.3 Å². The summed E-state index contributed by atoms with van der Waals surface area (Å²) >= 11 is 0. The van der Waals surface area contributed by atoms with Crippen LogP contribution in [0.5, 0.6) is 0 Å². The molecule has 2 aliphatic carbocycles. The van der Waals surface area contributed by atoms with Gasteiger partial charge in [-0.15, -0.1) is 0 Å². The van der Waals surface area contributed by atoms with Crippen LogP contribution >= 0.6 is 0 Å². The maximum Gasteiger partial charge on any atom is 0.229 e. The maximum absolute atomic E-state index is 6.68. The number of rotatable bonds is 4. The first-order valence-corrected chi connectivity index (χ1v) is 8.98. The summed E-state index contributed by atoms with van der Waals surface area (Å²) in [6, 6.07) is 0.291. The molecule has 3 atom stereocenters. The number of aryl methyl sites for hydroxylation is 1. The predicted octanol–water partition coefficient (Wildman–Crippen LogP) is 1.40. The van der Waals surface area contributed by atoms with Crippen LogP contribution in [0.1, 0.15) is 45.1 Å². The van der Waals surface area contributed by atoms with Gasteiger partial charge in [0.15, 0.2) is 5.79 Å². The topological polar surface area (TPSA) is 92.6 Å². The summed E-state index contributed by atoms with van der Waals surface area (Å²) in [5.41, 5.74) is 7.76. The zero-order chi connectivity index (χ0) is 16.9. The van der Waals surface area contributed by atoms with E-state index in [4.69, 9.17) is 15.7 Å². The number of nitrogens with one attached hydrogen (secondary N) is 2. The van der Waals surface area contributed by atoms with Gasteiger partial charge in [-0.3, -0.25) is 11.1 Å². The monoisotopic (exact) mass is 329 g/mol. The molecule has 0 amide bonds. The molecule has 2 saturated carbocycles. The highest BCUT2D eigenvalue weighted by Crippen LogP contribution is 2.41. The third kappa shape index (κ3) is 3.05. The lowest BCUT2D eigenvalue weighted by Gasteiger charge is -2.38. The third-order valence-electron chi connectivity index (χ3n) is 5.43. The minimum absolute atomic E-state index is 0.243. The van der Waals surface area contributed by atoms with Gasteiger partial charge < -0.3 is 5.32 Å². The van der Waals surface area contributed by atoms with Crippen LogP contribution in [0.25, 0.3) is 0 Å². The minimum Gasteiger partial charge on any atom is -0.319 e. The lowest BCUT2D eigenvalue weighted by Crippen LogP contribution is -2.67. The van der Waals surface area contributed by atoms with Crippen molar-refractivity contribution in [3.63, 3.8) is 0 Å². The van der Waals surface area contributed by atoms with Crippen LogP contribution < -0.4 is 16.4 Å². The molecule has 1 aromatic rings. The van der Waals surface area contributed by atoms with Crippen LogP contribution in [0, 0.1) is 24.7 Å². The number of nitrogens with two attached hydrogens (primary N) is 1. The van der Waals surface area contributed by atoms with Crippen LogP contribution in [0.2, 0.25) is 0 Å². The summed E-state index contributed by atoms with van der Waals surface area (Å²) in [5, 5.41) is 11.0. The van der Waals surface area contributed by atoms with E-state index in [1.54, 1.807) is 4.68 Å².